The first-order valence-electron chi connectivity index (χ1n) is 8.26. The molecule has 0 spiro atoms. The van der Waals surface area contributed by atoms with Gasteiger partial charge in [-0.1, -0.05) is 0 Å². The molecule has 0 radical (unpaired) electrons. The summed E-state index contributed by atoms with van der Waals surface area (Å²) in [5, 5.41) is 16.6. The summed E-state index contributed by atoms with van der Waals surface area (Å²) in [6.07, 6.45) is 2.35. The maximum Gasteiger partial charge on any atom is 0.217 e. The highest BCUT2D eigenvalue weighted by Crippen LogP contribution is 2.45. The van der Waals surface area contributed by atoms with Crippen molar-refractivity contribution in [3.63, 3.8) is 0 Å². The van der Waals surface area contributed by atoms with Crippen molar-refractivity contribution in [1.29, 1.82) is 10.7 Å². The number of nitrogens with two attached hydrogens (primary N) is 2. The van der Waals surface area contributed by atoms with Gasteiger partial charge < -0.3 is 21.6 Å². The normalized spacial score (nSPS) is 14.3. The Bertz CT molecular complexity index is 993. The molecule has 1 aliphatic rings. The van der Waals surface area contributed by atoms with Crippen molar-refractivity contribution in [3.8, 4) is 11.9 Å². The molecule has 7 nitrogen and oxygen atoms in total. The fraction of sp³-hybridized carbons (Fsp3) is 0.263. The Morgan fingerprint density at radius 1 is 1.48 bits per heavy atom. The summed E-state index contributed by atoms with van der Waals surface area (Å²) >= 11 is 0. The topological polar surface area (TPSA) is 139 Å². The number of nitrogens with one attached hydrogen (secondary N) is 1. The lowest BCUT2D eigenvalue weighted by atomic mass is 9.99. The Morgan fingerprint density at radius 2 is 2.19 bits per heavy atom. The summed E-state index contributed by atoms with van der Waals surface area (Å²) in [5.74, 6) is -1.10. The van der Waals surface area contributed by atoms with Crippen molar-refractivity contribution in [2.24, 2.45) is 5.41 Å². The third kappa shape index (κ3) is 3.31. The lowest BCUT2D eigenvalue weighted by Gasteiger charge is -2.14. The van der Waals surface area contributed by atoms with E-state index in [1.54, 1.807) is 13.0 Å². The summed E-state index contributed by atoms with van der Waals surface area (Å²) in [4.78, 5) is 17.1. The molecular weight excluding hydrogens is 349 g/mol. The van der Waals surface area contributed by atoms with Gasteiger partial charge in [-0.05, 0) is 38.0 Å². The number of rotatable bonds is 6. The zero-order chi connectivity index (χ0) is 19.8. The summed E-state index contributed by atoms with van der Waals surface area (Å²) < 4.78 is 19.3. The maximum atomic E-state index is 13.6. The molecule has 2 aromatic rings. The summed E-state index contributed by atoms with van der Waals surface area (Å²) in [5.41, 5.74) is 11.5. The first kappa shape index (κ1) is 18.3. The number of pyridine rings is 1. The van der Waals surface area contributed by atoms with Crippen LogP contribution in [0.1, 0.15) is 40.0 Å². The third-order valence-electron chi connectivity index (χ3n) is 4.61. The molecule has 1 fully saturated rings. The number of nitrogens with zero attached hydrogens (tertiary/aromatic N) is 2. The van der Waals surface area contributed by atoms with Gasteiger partial charge in [-0.3, -0.25) is 4.79 Å². The molecule has 1 aromatic heterocycles. The number of halogens is 1. The molecule has 0 atom stereocenters. The van der Waals surface area contributed by atoms with Crippen LogP contribution >= 0.6 is 0 Å². The Hall–Kier alpha value is -3.47. The molecule has 0 aliphatic heterocycles. The molecule has 138 valence electrons. The molecule has 27 heavy (non-hydrogen) atoms. The number of carbonyl (C=O) groups excluding carboxylic acids is 1. The largest absolute Gasteiger partial charge is 0.476 e. The van der Waals surface area contributed by atoms with E-state index >= 15 is 0 Å². The van der Waals surface area contributed by atoms with E-state index in [1.165, 1.54) is 6.07 Å². The van der Waals surface area contributed by atoms with Crippen LogP contribution in [0, 0.1) is 34.9 Å². The molecule has 1 heterocycles. The van der Waals surface area contributed by atoms with Gasteiger partial charge in [0.25, 0.3) is 0 Å². The number of hydrogen-bond donors (Lipinski definition) is 3. The van der Waals surface area contributed by atoms with E-state index in [-0.39, 0.29) is 40.7 Å². The van der Waals surface area contributed by atoms with Crippen LogP contribution < -0.4 is 16.2 Å². The molecule has 0 saturated heterocycles. The van der Waals surface area contributed by atoms with Crippen LogP contribution in [0.15, 0.2) is 18.2 Å². The van der Waals surface area contributed by atoms with E-state index in [0.717, 1.165) is 25.1 Å². The van der Waals surface area contributed by atoms with Crippen molar-refractivity contribution >= 4 is 23.4 Å². The van der Waals surface area contributed by atoms with Gasteiger partial charge in [0.1, 0.15) is 18.1 Å². The zero-order valence-corrected chi connectivity index (χ0v) is 14.7. The molecule has 0 bridgehead atoms. The van der Waals surface area contributed by atoms with Crippen molar-refractivity contribution in [3.05, 3.63) is 46.4 Å². The molecule has 8 heteroatoms. The summed E-state index contributed by atoms with van der Waals surface area (Å²) in [6, 6.07) is 6.08. The number of aryl methyl sites for hydroxylation is 1. The second-order valence-corrected chi connectivity index (χ2v) is 6.62. The summed E-state index contributed by atoms with van der Waals surface area (Å²) in [6.45, 7) is 1.92. The predicted molar refractivity (Wildman–Crippen MR) is 98.3 cm³/mol. The highest BCUT2D eigenvalue weighted by Gasteiger charge is 2.44. The van der Waals surface area contributed by atoms with E-state index < -0.39 is 17.0 Å². The highest BCUT2D eigenvalue weighted by atomic mass is 19.1. The van der Waals surface area contributed by atoms with Gasteiger partial charge in [0, 0.05) is 22.9 Å². The molecule has 1 aliphatic carbocycles. The van der Waals surface area contributed by atoms with Crippen LogP contribution in [0.2, 0.25) is 0 Å². The van der Waals surface area contributed by atoms with Gasteiger partial charge in [-0.2, -0.15) is 5.26 Å². The van der Waals surface area contributed by atoms with Crippen molar-refractivity contribution in [2.45, 2.75) is 19.8 Å². The fourth-order valence-corrected chi connectivity index (χ4v) is 2.68. The maximum absolute atomic E-state index is 13.6. The number of benzene rings is 1. The number of ketones is 1. The minimum atomic E-state index is -0.717. The fourth-order valence-electron chi connectivity index (χ4n) is 2.68. The van der Waals surface area contributed by atoms with Gasteiger partial charge >= 0.3 is 0 Å². The first-order valence-corrected chi connectivity index (χ1v) is 8.26. The van der Waals surface area contributed by atoms with E-state index in [2.05, 4.69) is 11.1 Å². The lowest BCUT2D eigenvalue weighted by molar-refractivity contribution is 0.103. The molecule has 0 unspecified atom stereocenters. The molecular formula is C19H18FN5O2. The van der Waals surface area contributed by atoms with Crippen LogP contribution in [0.4, 0.5) is 15.8 Å². The molecule has 0 amide bonds. The van der Waals surface area contributed by atoms with Crippen LogP contribution in [0.25, 0.3) is 0 Å². The van der Waals surface area contributed by atoms with Gasteiger partial charge in [-0.15, -0.1) is 0 Å². The second kappa shape index (κ2) is 6.68. The van der Waals surface area contributed by atoms with Crippen LogP contribution in [-0.2, 0) is 0 Å². The van der Waals surface area contributed by atoms with E-state index in [9.17, 15) is 9.18 Å². The van der Waals surface area contributed by atoms with Crippen molar-refractivity contribution < 1.29 is 13.9 Å². The average molecular weight is 367 g/mol. The first-order chi connectivity index (χ1) is 12.8. The Morgan fingerprint density at radius 3 is 2.78 bits per heavy atom. The van der Waals surface area contributed by atoms with Crippen LogP contribution in [0.3, 0.4) is 0 Å². The van der Waals surface area contributed by atoms with Gasteiger partial charge in [-0.25, -0.2) is 9.37 Å². The Labute approximate surface area is 155 Å². The number of aromatic nitrogens is 1. The quantitative estimate of drug-likeness (QED) is 0.407. The van der Waals surface area contributed by atoms with E-state index in [0.29, 0.717) is 5.56 Å². The minimum Gasteiger partial charge on any atom is -0.476 e. The number of anilines is 2. The Kier molecular flexibility index (Phi) is 4.54. The molecule has 5 N–H and O–H groups in total. The van der Waals surface area contributed by atoms with Crippen molar-refractivity contribution in [1.82, 2.24) is 4.98 Å². The standard InChI is InChI=1S/C19H18FN5O2/c1-10-6-14(23)16(25-18(10)27-9-19(8-22)4-5-19)17(26)11-2-3-13(20)15(24)12(11)7-21/h2-3,6-7,21H,4-5,9,23-24H2,1H3. The zero-order valence-electron chi connectivity index (χ0n) is 14.7. The number of hydrogen-bond acceptors (Lipinski definition) is 7. The predicted octanol–water partition coefficient (Wildman–Crippen LogP) is 2.60. The smallest absolute Gasteiger partial charge is 0.217 e. The van der Waals surface area contributed by atoms with Crippen LogP contribution in [-0.4, -0.2) is 23.6 Å². The van der Waals surface area contributed by atoms with Gasteiger partial charge in [0.05, 0.1) is 22.9 Å². The van der Waals surface area contributed by atoms with Gasteiger partial charge in [0.15, 0.2) is 0 Å². The minimum absolute atomic E-state index is 0.0218. The number of ether oxygens (including phenoxy) is 1. The molecule has 1 aromatic carbocycles. The lowest BCUT2D eigenvalue weighted by Crippen LogP contribution is -2.16. The van der Waals surface area contributed by atoms with E-state index in [4.69, 9.17) is 26.9 Å². The second-order valence-electron chi connectivity index (χ2n) is 6.62. The monoisotopic (exact) mass is 367 g/mol. The van der Waals surface area contributed by atoms with Gasteiger partial charge in [0.2, 0.25) is 11.7 Å². The third-order valence-corrected chi connectivity index (χ3v) is 4.61. The van der Waals surface area contributed by atoms with Crippen LogP contribution in [0.5, 0.6) is 5.88 Å². The number of carbonyl (C=O) groups is 1. The highest BCUT2D eigenvalue weighted by molar-refractivity contribution is 6.15. The average Bonchev–Trinajstić information content (AvgIpc) is 3.43. The number of nitrogen functional groups attached to an aromatic ring is 2. The SMILES string of the molecule is Cc1cc(N)c(C(=O)c2ccc(F)c(N)c2C=N)nc1OCC1(C#N)CC1. The van der Waals surface area contributed by atoms with E-state index in [1.807, 2.05) is 0 Å². The Balaban J connectivity index is 1.98. The molecule has 1 saturated carbocycles. The summed E-state index contributed by atoms with van der Waals surface area (Å²) in [7, 11) is 0. The number of nitriles is 1. The van der Waals surface area contributed by atoms with Crippen molar-refractivity contribution in [2.75, 3.05) is 18.1 Å². The molecule has 3 rings (SSSR count).